The van der Waals surface area contributed by atoms with Crippen LogP contribution in [0.25, 0.3) is 0 Å². The molecule has 0 radical (unpaired) electrons. The lowest BCUT2D eigenvalue weighted by atomic mass is 9.98. The molecular formula is C16H12F3NO. The molecule has 21 heavy (non-hydrogen) atoms. The van der Waals surface area contributed by atoms with Gasteiger partial charge in [0.1, 0.15) is 11.6 Å². The van der Waals surface area contributed by atoms with Crippen molar-refractivity contribution in [3.8, 4) is 11.8 Å². The zero-order valence-electron chi connectivity index (χ0n) is 11.0. The van der Waals surface area contributed by atoms with Crippen molar-refractivity contribution in [1.82, 2.24) is 0 Å². The molecule has 0 aliphatic heterocycles. The lowest BCUT2D eigenvalue weighted by Crippen LogP contribution is -2.05. The highest BCUT2D eigenvalue weighted by Crippen LogP contribution is 2.22. The Kier molecular flexibility index (Phi) is 4.83. The van der Waals surface area contributed by atoms with Crippen molar-refractivity contribution < 1.29 is 17.9 Å². The minimum Gasteiger partial charge on any atom is -0.490 e. The summed E-state index contributed by atoms with van der Waals surface area (Å²) in [6, 6.07) is 10.8. The fraction of sp³-hybridized carbons (Fsp3) is 0.188. The van der Waals surface area contributed by atoms with E-state index >= 15 is 0 Å². The molecule has 2 aromatic rings. The molecule has 5 heteroatoms. The molecule has 0 aromatic heterocycles. The van der Waals surface area contributed by atoms with Crippen LogP contribution in [0.4, 0.5) is 13.2 Å². The quantitative estimate of drug-likeness (QED) is 0.828. The molecule has 0 amide bonds. The van der Waals surface area contributed by atoms with Crippen molar-refractivity contribution in [3.63, 3.8) is 0 Å². The van der Waals surface area contributed by atoms with E-state index in [4.69, 9.17) is 10.00 Å². The van der Waals surface area contributed by atoms with E-state index in [-0.39, 0.29) is 18.8 Å². The summed E-state index contributed by atoms with van der Waals surface area (Å²) in [5.74, 6) is -2.53. The Morgan fingerprint density at radius 1 is 1.05 bits per heavy atom. The van der Waals surface area contributed by atoms with Gasteiger partial charge in [-0.15, -0.1) is 0 Å². The number of benzene rings is 2. The standard InChI is InChI=1S/C16H12F3NO/c17-13-3-1-2-11(8-13)12(10-20)6-7-21-16-5-4-14(18)9-15(16)19/h1-5,8-9,12H,6-7H2. The van der Waals surface area contributed by atoms with Crippen LogP contribution in [0.2, 0.25) is 0 Å². The summed E-state index contributed by atoms with van der Waals surface area (Å²) in [5, 5.41) is 9.11. The number of halogens is 3. The van der Waals surface area contributed by atoms with Crippen LogP contribution >= 0.6 is 0 Å². The first kappa shape index (κ1) is 14.9. The van der Waals surface area contributed by atoms with E-state index in [1.54, 1.807) is 6.07 Å². The number of hydrogen-bond acceptors (Lipinski definition) is 2. The Morgan fingerprint density at radius 3 is 2.48 bits per heavy atom. The van der Waals surface area contributed by atoms with E-state index in [2.05, 4.69) is 6.07 Å². The van der Waals surface area contributed by atoms with E-state index < -0.39 is 23.4 Å². The smallest absolute Gasteiger partial charge is 0.167 e. The highest BCUT2D eigenvalue weighted by Gasteiger charge is 2.12. The average molecular weight is 291 g/mol. The first-order valence-electron chi connectivity index (χ1n) is 6.33. The summed E-state index contributed by atoms with van der Waals surface area (Å²) in [4.78, 5) is 0. The van der Waals surface area contributed by atoms with Crippen molar-refractivity contribution in [2.75, 3.05) is 6.61 Å². The maximum absolute atomic E-state index is 13.4. The summed E-state index contributed by atoms with van der Waals surface area (Å²) >= 11 is 0. The lowest BCUT2D eigenvalue weighted by Gasteiger charge is -2.11. The molecular weight excluding hydrogens is 279 g/mol. The van der Waals surface area contributed by atoms with E-state index in [1.165, 1.54) is 24.3 Å². The van der Waals surface area contributed by atoms with Crippen LogP contribution in [0.15, 0.2) is 42.5 Å². The molecule has 0 bridgehead atoms. The Balaban J connectivity index is 1.97. The van der Waals surface area contributed by atoms with Crippen LogP contribution < -0.4 is 4.74 Å². The highest BCUT2D eigenvalue weighted by molar-refractivity contribution is 5.26. The van der Waals surface area contributed by atoms with Gasteiger partial charge in [-0.05, 0) is 29.8 Å². The van der Waals surface area contributed by atoms with E-state index in [0.717, 1.165) is 12.1 Å². The third-order valence-corrected chi connectivity index (χ3v) is 2.96. The van der Waals surface area contributed by atoms with Crippen LogP contribution in [-0.4, -0.2) is 6.61 Å². The maximum Gasteiger partial charge on any atom is 0.167 e. The van der Waals surface area contributed by atoms with Gasteiger partial charge >= 0.3 is 0 Å². The summed E-state index contributed by atoms with van der Waals surface area (Å²) < 4.78 is 44.4. The molecule has 0 saturated heterocycles. The van der Waals surface area contributed by atoms with E-state index in [9.17, 15) is 13.2 Å². The Labute approximate surface area is 120 Å². The molecule has 0 heterocycles. The second-order valence-corrected chi connectivity index (χ2v) is 4.45. The summed E-state index contributed by atoms with van der Waals surface area (Å²) in [5.41, 5.74) is 0.542. The van der Waals surface area contributed by atoms with Gasteiger partial charge in [-0.25, -0.2) is 13.2 Å². The summed E-state index contributed by atoms with van der Waals surface area (Å²) in [6.45, 7) is 0.0668. The molecule has 0 aliphatic carbocycles. The van der Waals surface area contributed by atoms with E-state index in [0.29, 0.717) is 5.56 Å². The topological polar surface area (TPSA) is 33.0 Å². The van der Waals surface area contributed by atoms with Crippen LogP contribution in [0.3, 0.4) is 0 Å². The molecule has 0 fully saturated rings. The number of nitrogens with zero attached hydrogens (tertiary/aromatic N) is 1. The van der Waals surface area contributed by atoms with Gasteiger partial charge in [-0.3, -0.25) is 0 Å². The third kappa shape index (κ3) is 3.99. The van der Waals surface area contributed by atoms with Crippen LogP contribution in [0.5, 0.6) is 5.75 Å². The Bertz CT molecular complexity index is 667. The first-order valence-corrected chi connectivity index (χ1v) is 6.33. The summed E-state index contributed by atoms with van der Waals surface area (Å²) in [7, 11) is 0. The fourth-order valence-corrected chi connectivity index (χ4v) is 1.91. The molecule has 1 atom stereocenters. The second-order valence-electron chi connectivity index (χ2n) is 4.45. The van der Waals surface area contributed by atoms with Gasteiger partial charge in [0.15, 0.2) is 11.6 Å². The molecule has 0 saturated carbocycles. The lowest BCUT2D eigenvalue weighted by molar-refractivity contribution is 0.290. The number of hydrogen-bond donors (Lipinski definition) is 0. The van der Waals surface area contributed by atoms with Crippen LogP contribution in [0, 0.1) is 28.8 Å². The van der Waals surface area contributed by atoms with Crippen molar-refractivity contribution in [2.45, 2.75) is 12.3 Å². The first-order chi connectivity index (χ1) is 10.1. The van der Waals surface area contributed by atoms with Gasteiger partial charge in [-0.2, -0.15) is 5.26 Å². The van der Waals surface area contributed by atoms with Crippen molar-refractivity contribution in [2.24, 2.45) is 0 Å². The molecule has 0 spiro atoms. The minimum absolute atomic E-state index is 0.0668. The van der Waals surface area contributed by atoms with E-state index in [1.807, 2.05) is 0 Å². The monoisotopic (exact) mass is 291 g/mol. The number of ether oxygens (including phenoxy) is 1. The molecule has 0 N–H and O–H groups in total. The Morgan fingerprint density at radius 2 is 1.81 bits per heavy atom. The normalized spacial score (nSPS) is 11.7. The van der Waals surface area contributed by atoms with Gasteiger partial charge in [0.2, 0.25) is 0 Å². The minimum atomic E-state index is -0.797. The van der Waals surface area contributed by atoms with Gasteiger partial charge < -0.3 is 4.74 Å². The SMILES string of the molecule is N#CC(CCOc1ccc(F)cc1F)c1cccc(F)c1. The van der Waals surface area contributed by atoms with Gasteiger partial charge in [-0.1, -0.05) is 12.1 Å². The number of rotatable bonds is 5. The highest BCUT2D eigenvalue weighted by atomic mass is 19.1. The number of nitriles is 1. The fourth-order valence-electron chi connectivity index (χ4n) is 1.91. The van der Waals surface area contributed by atoms with Crippen LogP contribution in [-0.2, 0) is 0 Å². The predicted octanol–water partition coefficient (Wildman–Crippen LogP) is 4.18. The second kappa shape index (κ2) is 6.80. The molecule has 108 valence electrons. The summed E-state index contributed by atoms with van der Waals surface area (Å²) in [6.07, 6.45) is 0.275. The van der Waals surface area contributed by atoms with Crippen molar-refractivity contribution in [3.05, 3.63) is 65.5 Å². The predicted molar refractivity (Wildman–Crippen MR) is 71.2 cm³/mol. The van der Waals surface area contributed by atoms with Gasteiger partial charge in [0.05, 0.1) is 18.6 Å². The zero-order valence-corrected chi connectivity index (χ0v) is 11.0. The van der Waals surface area contributed by atoms with Crippen molar-refractivity contribution in [1.29, 1.82) is 5.26 Å². The van der Waals surface area contributed by atoms with Gasteiger partial charge in [0.25, 0.3) is 0 Å². The molecule has 2 aromatic carbocycles. The maximum atomic E-state index is 13.4. The molecule has 0 aliphatic rings. The Hall–Kier alpha value is -2.48. The third-order valence-electron chi connectivity index (χ3n) is 2.96. The molecule has 2 nitrogen and oxygen atoms in total. The largest absolute Gasteiger partial charge is 0.490 e. The van der Waals surface area contributed by atoms with Crippen molar-refractivity contribution >= 4 is 0 Å². The van der Waals surface area contributed by atoms with Crippen LogP contribution in [0.1, 0.15) is 17.9 Å². The zero-order chi connectivity index (χ0) is 15.2. The molecule has 1 unspecified atom stereocenters. The van der Waals surface area contributed by atoms with Gasteiger partial charge in [0, 0.05) is 12.5 Å². The average Bonchev–Trinajstić information content (AvgIpc) is 2.45. The molecule has 2 rings (SSSR count).